The molecule has 4 bridgehead atoms. The monoisotopic (exact) mass is 352 g/mol. The van der Waals surface area contributed by atoms with Crippen molar-refractivity contribution in [2.24, 2.45) is 17.3 Å². The quantitative estimate of drug-likeness (QED) is 0.338. The van der Waals surface area contributed by atoms with Crippen LogP contribution < -0.4 is 0 Å². The standard InChI is InChI=1S/C21H36O4/c1-5-7-8-23-15-24-20-10-16-9-17(11-20)13-21(12-16,14-20)25-18(22)19(3,4)6-2/h16-17H,5-15H2,1-4H3. The molecule has 0 aliphatic heterocycles. The van der Waals surface area contributed by atoms with Crippen molar-refractivity contribution < 1.29 is 19.0 Å². The highest BCUT2D eigenvalue weighted by molar-refractivity contribution is 5.76. The van der Waals surface area contributed by atoms with Gasteiger partial charge in [-0.15, -0.1) is 0 Å². The fourth-order valence-corrected chi connectivity index (χ4v) is 5.34. The predicted molar refractivity (Wildman–Crippen MR) is 97.1 cm³/mol. The normalized spacial score (nSPS) is 36.6. The largest absolute Gasteiger partial charge is 0.459 e. The molecule has 0 N–H and O–H groups in total. The number of hydrogen-bond acceptors (Lipinski definition) is 4. The second-order valence-corrected chi connectivity index (χ2v) is 9.48. The van der Waals surface area contributed by atoms with E-state index in [1.165, 1.54) is 6.42 Å². The van der Waals surface area contributed by atoms with E-state index < -0.39 is 5.41 Å². The zero-order valence-corrected chi connectivity index (χ0v) is 16.6. The molecule has 0 saturated heterocycles. The van der Waals surface area contributed by atoms with E-state index in [0.29, 0.717) is 18.6 Å². The van der Waals surface area contributed by atoms with Crippen molar-refractivity contribution in [2.45, 2.75) is 96.7 Å². The molecule has 2 atom stereocenters. The first kappa shape index (κ1) is 19.2. The third-order valence-corrected chi connectivity index (χ3v) is 6.79. The molecule has 25 heavy (non-hydrogen) atoms. The van der Waals surface area contributed by atoms with Crippen LogP contribution in [-0.2, 0) is 19.0 Å². The van der Waals surface area contributed by atoms with Crippen LogP contribution in [0.5, 0.6) is 0 Å². The molecular weight excluding hydrogens is 316 g/mol. The van der Waals surface area contributed by atoms with Crippen LogP contribution in [0.1, 0.15) is 85.5 Å². The minimum absolute atomic E-state index is 0.0358. The number of unbranched alkanes of at least 4 members (excludes halogenated alkanes) is 1. The molecule has 4 fully saturated rings. The molecule has 4 rings (SSSR count). The van der Waals surface area contributed by atoms with Crippen LogP contribution in [0.15, 0.2) is 0 Å². The summed E-state index contributed by atoms with van der Waals surface area (Å²) in [5.74, 6) is 1.23. The van der Waals surface area contributed by atoms with E-state index in [1.54, 1.807) is 0 Å². The molecule has 4 aliphatic carbocycles. The van der Waals surface area contributed by atoms with Gasteiger partial charge < -0.3 is 14.2 Å². The van der Waals surface area contributed by atoms with E-state index in [1.807, 2.05) is 13.8 Å². The van der Waals surface area contributed by atoms with Crippen LogP contribution in [-0.4, -0.2) is 30.6 Å². The first-order chi connectivity index (χ1) is 11.8. The predicted octanol–water partition coefficient (Wildman–Crippen LogP) is 4.85. The number of esters is 1. The lowest BCUT2D eigenvalue weighted by Gasteiger charge is -2.60. The van der Waals surface area contributed by atoms with E-state index >= 15 is 0 Å². The van der Waals surface area contributed by atoms with Crippen LogP contribution >= 0.6 is 0 Å². The van der Waals surface area contributed by atoms with Gasteiger partial charge in [-0.25, -0.2) is 0 Å². The number of hydrogen-bond donors (Lipinski definition) is 0. The summed E-state index contributed by atoms with van der Waals surface area (Å²) >= 11 is 0. The van der Waals surface area contributed by atoms with Gasteiger partial charge in [-0.3, -0.25) is 4.79 Å². The summed E-state index contributed by atoms with van der Waals surface area (Å²) in [7, 11) is 0. The van der Waals surface area contributed by atoms with Crippen molar-refractivity contribution in [3.8, 4) is 0 Å². The summed E-state index contributed by atoms with van der Waals surface area (Å²) in [4.78, 5) is 12.7. The molecule has 4 nitrogen and oxygen atoms in total. The van der Waals surface area contributed by atoms with Crippen molar-refractivity contribution in [3.63, 3.8) is 0 Å². The van der Waals surface area contributed by atoms with Gasteiger partial charge in [0.1, 0.15) is 12.4 Å². The van der Waals surface area contributed by atoms with Gasteiger partial charge in [-0.2, -0.15) is 0 Å². The number of ether oxygens (including phenoxy) is 3. The fourth-order valence-electron chi connectivity index (χ4n) is 5.34. The SMILES string of the molecule is CCCCOCOC12CC3CC(C1)CC(OC(=O)C(C)(C)CC)(C3)C2. The minimum Gasteiger partial charge on any atom is -0.459 e. The Labute approximate surface area is 153 Å². The van der Waals surface area contributed by atoms with Crippen molar-refractivity contribution in [1.29, 1.82) is 0 Å². The van der Waals surface area contributed by atoms with Crippen LogP contribution in [0, 0.1) is 17.3 Å². The van der Waals surface area contributed by atoms with Crippen LogP contribution in [0.25, 0.3) is 0 Å². The summed E-state index contributed by atoms with van der Waals surface area (Å²) in [6, 6.07) is 0. The van der Waals surface area contributed by atoms with Crippen LogP contribution in [0.2, 0.25) is 0 Å². The van der Waals surface area contributed by atoms with E-state index in [4.69, 9.17) is 14.2 Å². The highest BCUT2D eigenvalue weighted by Crippen LogP contribution is 2.60. The molecule has 2 unspecified atom stereocenters. The van der Waals surface area contributed by atoms with Crippen molar-refractivity contribution in [3.05, 3.63) is 0 Å². The Kier molecular flexibility index (Phi) is 5.51. The Morgan fingerprint density at radius 3 is 2.32 bits per heavy atom. The maximum absolute atomic E-state index is 12.7. The smallest absolute Gasteiger partial charge is 0.312 e. The van der Waals surface area contributed by atoms with E-state index in [2.05, 4.69) is 13.8 Å². The lowest BCUT2D eigenvalue weighted by Crippen LogP contribution is -2.62. The molecule has 144 valence electrons. The number of carbonyl (C=O) groups excluding carboxylic acids is 1. The maximum atomic E-state index is 12.7. The Balaban J connectivity index is 1.65. The van der Waals surface area contributed by atoms with Crippen molar-refractivity contribution in [1.82, 2.24) is 0 Å². The Morgan fingerprint density at radius 2 is 1.72 bits per heavy atom. The third kappa shape index (κ3) is 4.05. The first-order valence-corrected chi connectivity index (χ1v) is 10.3. The maximum Gasteiger partial charge on any atom is 0.312 e. The molecule has 0 radical (unpaired) electrons. The Morgan fingerprint density at radius 1 is 1.08 bits per heavy atom. The molecule has 0 spiro atoms. The topological polar surface area (TPSA) is 44.8 Å². The minimum atomic E-state index is -0.402. The summed E-state index contributed by atoms with van der Waals surface area (Å²) in [5.41, 5.74) is -0.829. The van der Waals surface area contributed by atoms with Gasteiger partial charge in [-0.1, -0.05) is 20.3 Å². The van der Waals surface area contributed by atoms with Gasteiger partial charge in [0, 0.05) is 13.0 Å². The number of rotatable bonds is 9. The van der Waals surface area contributed by atoms with Crippen LogP contribution in [0.3, 0.4) is 0 Å². The van der Waals surface area contributed by atoms with Crippen molar-refractivity contribution in [2.75, 3.05) is 13.4 Å². The Bertz CT molecular complexity index is 470. The zero-order valence-electron chi connectivity index (χ0n) is 16.6. The molecule has 0 aromatic heterocycles. The van der Waals surface area contributed by atoms with E-state index in [9.17, 15) is 4.79 Å². The van der Waals surface area contributed by atoms with Gasteiger partial charge in [-0.05, 0) is 70.6 Å². The van der Waals surface area contributed by atoms with E-state index in [-0.39, 0.29) is 17.2 Å². The molecule has 4 saturated carbocycles. The second kappa shape index (κ2) is 7.19. The van der Waals surface area contributed by atoms with Gasteiger partial charge >= 0.3 is 5.97 Å². The Hall–Kier alpha value is -0.610. The molecular formula is C21H36O4. The second-order valence-electron chi connectivity index (χ2n) is 9.48. The fraction of sp³-hybridized carbons (Fsp3) is 0.952. The lowest BCUT2D eigenvalue weighted by molar-refractivity contribution is -0.257. The molecule has 0 aromatic rings. The lowest BCUT2D eigenvalue weighted by atomic mass is 9.52. The average molecular weight is 353 g/mol. The molecule has 0 aromatic carbocycles. The van der Waals surface area contributed by atoms with Gasteiger partial charge in [0.2, 0.25) is 0 Å². The number of carbonyl (C=O) groups is 1. The first-order valence-electron chi connectivity index (χ1n) is 10.3. The van der Waals surface area contributed by atoms with Gasteiger partial charge in [0.25, 0.3) is 0 Å². The zero-order chi connectivity index (χ0) is 18.1. The summed E-state index contributed by atoms with van der Waals surface area (Å²) in [6.07, 6.45) is 9.42. The van der Waals surface area contributed by atoms with Crippen LogP contribution in [0.4, 0.5) is 0 Å². The highest BCUT2D eigenvalue weighted by atomic mass is 16.7. The average Bonchev–Trinajstić information content (AvgIpc) is 2.52. The summed E-state index contributed by atoms with van der Waals surface area (Å²) in [6.45, 7) is 9.35. The highest BCUT2D eigenvalue weighted by Gasteiger charge is 2.60. The third-order valence-electron chi connectivity index (χ3n) is 6.79. The molecule has 0 heterocycles. The van der Waals surface area contributed by atoms with Gasteiger partial charge in [0.15, 0.2) is 0 Å². The molecule has 0 amide bonds. The summed E-state index contributed by atoms with van der Waals surface area (Å²) in [5, 5.41) is 0. The molecule has 4 aliphatic rings. The van der Waals surface area contributed by atoms with Crippen molar-refractivity contribution >= 4 is 5.97 Å². The summed E-state index contributed by atoms with van der Waals surface area (Å²) < 4.78 is 18.2. The van der Waals surface area contributed by atoms with E-state index in [0.717, 1.165) is 58.0 Å². The molecule has 4 heteroatoms. The van der Waals surface area contributed by atoms with Gasteiger partial charge in [0.05, 0.1) is 11.0 Å².